The summed E-state index contributed by atoms with van der Waals surface area (Å²) in [4.78, 5) is 11.6. The molecule has 0 fully saturated rings. The predicted molar refractivity (Wildman–Crippen MR) is 70.8 cm³/mol. The molecule has 1 aromatic carbocycles. The van der Waals surface area contributed by atoms with E-state index in [2.05, 4.69) is 4.74 Å². The predicted octanol–water partition coefficient (Wildman–Crippen LogP) is 4.48. The molecule has 0 saturated heterocycles. The Balaban J connectivity index is 3.20. The van der Waals surface area contributed by atoms with Gasteiger partial charge in [-0.3, -0.25) is 0 Å². The Hall–Kier alpha value is -1.15. The van der Waals surface area contributed by atoms with E-state index in [-0.39, 0.29) is 22.1 Å². The first kappa shape index (κ1) is 17.9. The van der Waals surface area contributed by atoms with Gasteiger partial charge >= 0.3 is 18.5 Å². The van der Waals surface area contributed by atoms with E-state index in [9.17, 15) is 22.4 Å². The number of carbonyl (C=O) groups excluding carboxylic acids is 1. The third kappa shape index (κ3) is 4.16. The lowest BCUT2D eigenvalue weighted by Gasteiger charge is -2.19. The molecule has 0 atom stereocenters. The normalized spacial score (nSPS) is 11.6. The van der Waals surface area contributed by atoms with Crippen LogP contribution in [0.2, 0.25) is 5.02 Å². The van der Waals surface area contributed by atoms with Gasteiger partial charge in [0.05, 0.1) is 22.1 Å². The van der Waals surface area contributed by atoms with Gasteiger partial charge in [0, 0.05) is 0 Å². The van der Waals surface area contributed by atoms with Crippen molar-refractivity contribution in [3.63, 3.8) is 0 Å². The third-order valence-electron chi connectivity index (χ3n) is 2.26. The topological polar surface area (TPSA) is 35.5 Å². The summed E-state index contributed by atoms with van der Waals surface area (Å²) in [6.45, 7) is 1.69. The van der Waals surface area contributed by atoms with Gasteiger partial charge in [0.2, 0.25) is 0 Å². The van der Waals surface area contributed by atoms with Crippen LogP contribution in [0.25, 0.3) is 0 Å². The smallest absolute Gasteiger partial charge is 0.461 e. The second-order valence-electron chi connectivity index (χ2n) is 3.64. The monoisotopic (exact) mass is 346 g/mol. The largest absolute Gasteiger partial charge is 0.462 e. The Bertz CT molecular complexity index is 525. The number of rotatable bonds is 6. The van der Waals surface area contributed by atoms with Crippen LogP contribution < -0.4 is 4.74 Å². The van der Waals surface area contributed by atoms with Crippen LogP contribution in [0.1, 0.15) is 17.3 Å². The summed E-state index contributed by atoms with van der Waals surface area (Å²) in [5.74, 6) is -1.28. The molecule has 0 unspecified atom stereocenters. The number of halogens is 5. The molecule has 21 heavy (non-hydrogen) atoms. The zero-order chi connectivity index (χ0) is 16.2. The van der Waals surface area contributed by atoms with Crippen LogP contribution in [0.4, 0.5) is 17.6 Å². The van der Waals surface area contributed by atoms with Gasteiger partial charge in [0.1, 0.15) is 5.75 Å². The molecule has 1 rings (SSSR count). The molecule has 0 aliphatic carbocycles. The van der Waals surface area contributed by atoms with Crippen molar-refractivity contribution in [1.29, 1.82) is 0 Å². The SMILES string of the molecule is CCOC(=O)c1ccc(OC(F)(F)C(F)F)c(SC)c1Cl. The van der Waals surface area contributed by atoms with Crippen LogP contribution in [0, 0.1) is 0 Å². The standard InChI is InChI=1S/C12H11ClF4O3S/c1-3-19-10(18)6-4-5-7(9(21-2)8(6)13)20-12(16,17)11(14)15/h4-5,11H,3H2,1-2H3. The first-order valence-corrected chi connectivity index (χ1v) is 7.23. The lowest BCUT2D eigenvalue weighted by molar-refractivity contribution is -0.254. The number of ether oxygens (including phenoxy) is 2. The van der Waals surface area contributed by atoms with E-state index in [0.717, 1.165) is 23.9 Å². The minimum Gasteiger partial charge on any atom is -0.462 e. The van der Waals surface area contributed by atoms with E-state index < -0.39 is 24.3 Å². The number of esters is 1. The molecule has 0 spiro atoms. The molecule has 0 aliphatic rings. The molecule has 0 saturated carbocycles. The van der Waals surface area contributed by atoms with Crippen LogP contribution in [0.15, 0.2) is 17.0 Å². The van der Waals surface area contributed by atoms with Crippen molar-refractivity contribution in [3.8, 4) is 5.75 Å². The Morgan fingerprint density at radius 3 is 2.52 bits per heavy atom. The zero-order valence-corrected chi connectivity index (χ0v) is 12.5. The van der Waals surface area contributed by atoms with Crippen molar-refractivity contribution in [2.75, 3.05) is 12.9 Å². The second-order valence-corrected chi connectivity index (χ2v) is 4.84. The van der Waals surface area contributed by atoms with E-state index in [0.29, 0.717) is 0 Å². The highest BCUT2D eigenvalue weighted by Crippen LogP contribution is 2.40. The number of benzene rings is 1. The van der Waals surface area contributed by atoms with E-state index >= 15 is 0 Å². The lowest BCUT2D eigenvalue weighted by Crippen LogP contribution is -2.33. The van der Waals surface area contributed by atoms with Crippen LogP contribution in [-0.2, 0) is 4.74 Å². The molecule has 0 heterocycles. The van der Waals surface area contributed by atoms with Crippen LogP contribution in [0.3, 0.4) is 0 Å². The van der Waals surface area contributed by atoms with Crippen LogP contribution >= 0.6 is 23.4 Å². The van der Waals surface area contributed by atoms with E-state index in [1.807, 2.05) is 0 Å². The fourth-order valence-corrected chi connectivity index (χ4v) is 2.43. The van der Waals surface area contributed by atoms with Crippen molar-refractivity contribution < 1.29 is 31.8 Å². The molecule has 0 aromatic heterocycles. The number of carbonyl (C=O) groups is 1. The fourth-order valence-electron chi connectivity index (χ4n) is 1.37. The zero-order valence-electron chi connectivity index (χ0n) is 11.0. The molecule has 118 valence electrons. The van der Waals surface area contributed by atoms with Crippen molar-refractivity contribution in [2.45, 2.75) is 24.4 Å². The first-order valence-electron chi connectivity index (χ1n) is 5.63. The molecule has 0 N–H and O–H groups in total. The Morgan fingerprint density at radius 2 is 2.05 bits per heavy atom. The maximum absolute atomic E-state index is 12.9. The fraction of sp³-hybridized carbons (Fsp3) is 0.417. The number of hydrogen-bond acceptors (Lipinski definition) is 4. The van der Waals surface area contributed by atoms with Crippen molar-refractivity contribution in [1.82, 2.24) is 0 Å². The molecular weight excluding hydrogens is 336 g/mol. The summed E-state index contributed by atoms with van der Waals surface area (Å²) in [7, 11) is 0. The maximum atomic E-state index is 12.9. The highest BCUT2D eigenvalue weighted by atomic mass is 35.5. The quantitative estimate of drug-likeness (QED) is 0.432. The van der Waals surface area contributed by atoms with Gasteiger partial charge in [-0.05, 0) is 25.3 Å². The van der Waals surface area contributed by atoms with Gasteiger partial charge in [-0.25, -0.2) is 4.79 Å². The summed E-state index contributed by atoms with van der Waals surface area (Å²) in [6, 6.07) is 2.05. The summed E-state index contributed by atoms with van der Waals surface area (Å²) < 4.78 is 59.0. The average molecular weight is 347 g/mol. The molecule has 0 amide bonds. The van der Waals surface area contributed by atoms with Crippen LogP contribution in [0.5, 0.6) is 5.75 Å². The summed E-state index contributed by atoms with van der Waals surface area (Å²) in [5, 5.41) is -0.191. The van der Waals surface area contributed by atoms with Gasteiger partial charge < -0.3 is 9.47 Å². The van der Waals surface area contributed by atoms with Gasteiger partial charge in [-0.15, -0.1) is 11.8 Å². The lowest BCUT2D eigenvalue weighted by atomic mass is 10.2. The Labute approximate surface area is 127 Å². The minimum absolute atomic E-state index is 0.0532. The third-order valence-corrected chi connectivity index (χ3v) is 3.58. The van der Waals surface area contributed by atoms with Crippen molar-refractivity contribution >= 4 is 29.3 Å². The molecule has 0 bridgehead atoms. The summed E-state index contributed by atoms with van der Waals surface area (Å²) in [6.07, 6.45) is -7.17. The highest BCUT2D eigenvalue weighted by Gasteiger charge is 2.44. The van der Waals surface area contributed by atoms with E-state index in [1.54, 1.807) is 6.92 Å². The van der Waals surface area contributed by atoms with Gasteiger partial charge in [-0.2, -0.15) is 17.6 Å². The molecule has 1 aromatic rings. The Kier molecular flexibility index (Phi) is 6.15. The van der Waals surface area contributed by atoms with Crippen LogP contribution in [-0.4, -0.2) is 31.4 Å². The van der Waals surface area contributed by atoms with E-state index in [4.69, 9.17) is 16.3 Å². The summed E-state index contributed by atoms with van der Waals surface area (Å²) in [5.41, 5.74) is -0.0596. The Morgan fingerprint density at radius 1 is 1.43 bits per heavy atom. The van der Waals surface area contributed by atoms with Crippen molar-refractivity contribution in [3.05, 3.63) is 22.7 Å². The molecule has 0 aliphatic heterocycles. The van der Waals surface area contributed by atoms with Crippen molar-refractivity contribution in [2.24, 2.45) is 0 Å². The van der Waals surface area contributed by atoms with E-state index in [1.165, 1.54) is 6.26 Å². The molecule has 0 radical (unpaired) electrons. The second kappa shape index (κ2) is 7.22. The summed E-state index contributed by atoms with van der Waals surface area (Å²) >= 11 is 6.80. The maximum Gasteiger partial charge on any atom is 0.461 e. The first-order chi connectivity index (χ1) is 9.74. The number of hydrogen-bond donors (Lipinski definition) is 0. The molecule has 3 nitrogen and oxygen atoms in total. The van der Waals surface area contributed by atoms with Gasteiger partial charge in [-0.1, -0.05) is 11.6 Å². The van der Waals surface area contributed by atoms with Gasteiger partial charge in [0.25, 0.3) is 0 Å². The number of alkyl halides is 4. The highest BCUT2D eigenvalue weighted by molar-refractivity contribution is 7.98. The van der Waals surface area contributed by atoms with Gasteiger partial charge in [0.15, 0.2) is 0 Å². The molecule has 9 heteroatoms. The number of thioether (sulfide) groups is 1. The minimum atomic E-state index is -4.65. The molecular formula is C12H11ClF4O3S. The average Bonchev–Trinajstić information content (AvgIpc) is 2.38.